The molecule has 0 unspecified atom stereocenters. The van der Waals surface area contributed by atoms with E-state index in [0.29, 0.717) is 0 Å². The van der Waals surface area contributed by atoms with Crippen molar-refractivity contribution in [1.29, 1.82) is 0 Å². The van der Waals surface area contributed by atoms with Gasteiger partial charge in [0.15, 0.2) is 0 Å². The molecule has 0 saturated carbocycles. The third-order valence-corrected chi connectivity index (χ3v) is 1.19. The second kappa shape index (κ2) is 8.80. The zero-order valence-electron chi connectivity index (χ0n) is 6.42. The summed E-state index contributed by atoms with van der Waals surface area (Å²) in [5.74, 6) is -0.486. The number of rotatable bonds is 4. The van der Waals surface area contributed by atoms with Crippen molar-refractivity contribution in [3.8, 4) is 0 Å². The van der Waals surface area contributed by atoms with Crippen molar-refractivity contribution < 1.29 is 13.6 Å². The van der Waals surface area contributed by atoms with Crippen LogP contribution in [-0.2, 0) is 4.79 Å². The van der Waals surface area contributed by atoms with Gasteiger partial charge < -0.3 is 5.32 Å². The lowest BCUT2D eigenvalue weighted by Gasteiger charge is -1.98. The molecule has 0 aromatic heterocycles. The fourth-order valence-electron chi connectivity index (χ4n) is 0.367. The van der Waals surface area contributed by atoms with Crippen molar-refractivity contribution in [2.75, 3.05) is 12.8 Å². The normalized spacial score (nSPS) is 10.0. The molecule has 0 aromatic carbocycles. The van der Waals surface area contributed by atoms with Crippen molar-refractivity contribution in [2.45, 2.75) is 6.43 Å². The van der Waals surface area contributed by atoms with Gasteiger partial charge in [-0.2, -0.15) is 0 Å². The molecule has 0 fully saturated rings. The molecule has 0 aromatic rings. The number of alkyl halides is 2. The van der Waals surface area contributed by atoms with Gasteiger partial charge in [-0.3, -0.25) is 4.79 Å². The number of halogens is 3. The van der Waals surface area contributed by atoms with E-state index >= 15 is 0 Å². The standard InChI is InChI=1S/C6H9F2NOS.ClH/c1-11-3-2-6(10)9-4-5(7)8;/h2-3,5H,4H2,1H3,(H,9,10);1H/b3-2+;. The summed E-state index contributed by atoms with van der Waals surface area (Å²) >= 11 is 1.34. The van der Waals surface area contributed by atoms with Crippen LogP contribution < -0.4 is 5.32 Å². The predicted octanol–water partition coefficient (Wildman–Crippen LogP) is 1.67. The first-order chi connectivity index (χ1) is 5.16. The van der Waals surface area contributed by atoms with Crippen LogP contribution in [0.3, 0.4) is 0 Å². The highest BCUT2D eigenvalue weighted by molar-refractivity contribution is 8.01. The topological polar surface area (TPSA) is 29.1 Å². The average molecular weight is 218 g/mol. The van der Waals surface area contributed by atoms with Crippen molar-refractivity contribution in [1.82, 2.24) is 5.32 Å². The van der Waals surface area contributed by atoms with Gasteiger partial charge in [0.1, 0.15) is 0 Å². The lowest BCUT2D eigenvalue weighted by atomic mass is 10.5. The number of thioether (sulfide) groups is 1. The predicted molar refractivity (Wildman–Crippen MR) is 48.9 cm³/mol. The summed E-state index contributed by atoms with van der Waals surface area (Å²) in [5.41, 5.74) is 0. The second-order valence-electron chi connectivity index (χ2n) is 1.67. The molecule has 0 bridgehead atoms. The van der Waals surface area contributed by atoms with Crippen LogP contribution in [0.4, 0.5) is 8.78 Å². The van der Waals surface area contributed by atoms with Gasteiger partial charge in [-0.1, -0.05) is 0 Å². The van der Waals surface area contributed by atoms with E-state index in [1.165, 1.54) is 23.2 Å². The minimum atomic E-state index is -2.48. The highest BCUT2D eigenvalue weighted by Gasteiger charge is 2.02. The largest absolute Gasteiger partial charge is 0.347 e. The van der Waals surface area contributed by atoms with Crippen LogP contribution in [0.2, 0.25) is 0 Å². The van der Waals surface area contributed by atoms with Crippen LogP contribution in [0.1, 0.15) is 0 Å². The second-order valence-corrected chi connectivity index (χ2v) is 2.42. The lowest BCUT2D eigenvalue weighted by Crippen LogP contribution is -2.26. The lowest BCUT2D eigenvalue weighted by molar-refractivity contribution is -0.117. The van der Waals surface area contributed by atoms with E-state index in [1.807, 2.05) is 5.32 Å². The molecule has 0 aliphatic rings. The molecule has 12 heavy (non-hydrogen) atoms. The molecule has 0 heterocycles. The molecule has 0 saturated heterocycles. The Balaban J connectivity index is 0. The molecule has 0 spiro atoms. The Bertz CT molecular complexity index is 154. The van der Waals surface area contributed by atoms with Crippen molar-refractivity contribution in [3.05, 3.63) is 11.5 Å². The molecule has 6 heteroatoms. The first-order valence-electron chi connectivity index (χ1n) is 2.92. The van der Waals surface area contributed by atoms with E-state index < -0.39 is 18.9 Å². The molecular weight excluding hydrogens is 208 g/mol. The van der Waals surface area contributed by atoms with Crippen LogP contribution >= 0.6 is 24.2 Å². The molecular formula is C6H10ClF2NOS. The van der Waals surface area contributed by atoms with Crippen LogP contribution in [-0.4, -0.2) is 25.1 Å². The zero-order chi connectivity index (χ0) is 8.69. The fourth-order valence-corrected chi connectivity index (χ4v) is 0.626. The molecule has 0 rings (SSSR count). The van der Waals surface area contributed by atoms with Gasteiger partial charge in [-0.05, 0) is 11.7 Å². The number of carbonyl (C=O) groups excluding carboxylic acids is 1. The highest BCUT2D eigenvalue weighted by Crippen LogP contribution is 1.92. The summed E-state index contributed by atoms with van der Waals surface area (Å²) in [6.45, 7) is -0.586. The Morgan fingerprint density at radius 2 is 2.25 bits per heavy atom. The molecule has 1 amide bonds. The molecule has 2 nitrogen and oxygen atoms in total. The van der Waals surface area contributed by atoms with Gasteiger partial charge in [0.2, 0.25) is 5.91 Å². The third kappa shape index (κ3) is 9.71. The van der Waals surface area contributed by atoms with Crippen LogP contribution in [0.5, 0.6) is 0 Å². The highest BCUT2D eigenvalue weighted by atomic mass is 35.5. The van der Waals surface area contributed by atoms with Crippen LogP contribution in [0.25, 0.3) is 0 Å². The van der Waals surface area contributed by atoms with E-state index in [9.17, 15) is 13.6 Å². The maximum atomic E-state index is 11.5. The summed E-state index contributed by atoms with van der Waals surface area (Å²) in [4.78, 5) is 10.6. The Kier molecular flexibility index (Phi) is 10.5. The summed E-state index contributed by atoms with van der Waals surface area (Å²) in [6.07, 6.45) is 0.505. The zero-order valence-corrected chi connectivity index (χ0v) is 8.05. The minimum absolute atomic E-state index is 0. The van der Waals surface area contributed by atoms with Crippen molar-refractivity contribution >= 4 is 30.1 Å². The summed E-state index contributed by atoms with van der Waals surface area (Å²) in [6, 6.07) is 0. The smallest absolute Gasteiger partial charge is 0.255 e. The number of amides is 1. The van der Waals surface area contributed by atoms with Crippen LogP contribution in [0.15, 0.2) is 11.5 Å². The molecule has 0 aliphatic carbocycles. The van der Waals surface area contributed by atoms with Crippen LogP contribution in [0, 0.1) is 0 Å². The Hall–Kier alpha value is -0.290. The van der Waals surface area contributed by atoms with Crippen molar-refractivity contribution in [2.24, 2.45) is 0 Å². The van der Waals surface area contributed by atoms with E-state index in [-0.39, 0.29) is 12.4 Å². The maximum Gasteiger partial charge on any atom is 0.255 e. The number of carbonyl (C=O) groups is 1. The van der Waals surface area contributed by atoms with Gasteiger partial charge in [0, 0.05) is 6.08 Å². The maximum absolute atomic E-state index is 11.5. The number of hydrogen-bond donors (Lipinski definition) is 1. The first-order valence-corrected chi connectivity index (χ1v) is 4.21. The van der Waals surface area contributed by atoms with E-state index in [2.05, 4.69) is 0 Å². The van der Waals surface area contributed by atoms with Gasteiger partial charge in [-0.15, -0.1) is 24.2 Å². The summed E-state index contributed by atoms with van der Waals surface area (Å²) < 4.78 is 22.9. The van der Waals surface area contributed by atoms with Gasteiger partial charge >= 0.3 is 0 Å². The first kappa shape index (κ1) is 14.2. The van der Waals surface area contributed by atoms with Gasteiger partial charge in [-0.25, -0.2) is 8.78 Å². The SMILES string of the molecule is CS/C=C/C(=O)NCC(F)F.Cl. The molecule has 0 atom stereocenters. The van der Waals surface area contributed by atoms with E-state index in [1.54, 1.807) is 6.26 Å². The number of hydrogen-bond acceptors (Lipinski definition) is 2. The Labute approximate surface area is 80.2 Å². The molecule has 72 valence electrons. The van der Waals surface area contributed by atoms with Crippen molar-refractivity contribution in [3.63, 3.8) is 0 Å². The van der Waals surface area contributed by atoms with E-state index in [0.717, 1.165) is 0 Å². The molecule has 0 radical (unpaired) electrons. The van der Waals surface area contributed by atoms with Gasteiger partial charge in [0.05, 0.1) is 6.54 Å². The summed E-state index contributed by atoms with van der Waals surface area (Å²) in [7, 11) is 0. The molecule has 1 N–H and O–H groups in total. The quantitative estimate of drug-likeness (QED) is 0.726. The minimum Gasteiger partial charge on any atom is -0.347 e. The van der Waals surface area contributed by atoms with Gasteiger partial charge in [0.25, 0.3) is 6.43 Å². The number of nitrogens with one attached hydrogen (secondary N) is 1. The summed E-state index contributed by atoms with van der Waals surface area (Å²) in [5, 5.41) is 3.56. The molecule has 0 aliphatic heterocycles. The Morgan fingerprint density at radius 1 is 1.67 bits per heavy atom. The third-order valence-electron chi connectivity index (χ3n) is 0.786. The van der Waals surface area contributed by atoms with E-state index in [4.69, 9.17) is 0 Å². The Morgan fingerprint density at radius 3 is 2.67 bits per heavy atom. The fraction of sp³-hybridized carbons (Fsp3) is 0.500. The average Bonchev–Trinajstić information content (AvgIpc) is 1.97. The monoisotopic (exact) mass is 217 g/mol.